The van der Waals surface area contributed by atoms with Crippen molar-refractivity contribution in [3.63, 3.8) is 0 Å². The van der Waals surface area contributed by atoms with Crippen LogP contribution in [0.3, 0.4) is 0 Å². The molecule has 48 heavy (non-hydrogen) atoms. The number of unbranched alkanes of at least 4 members (excludes halogenated alkanes) is 13. The predicted molar refractivity (Wildman–Crippen MR) is 191 cm³/mol. The molecule has 0 saturated heterocycles. The second kappa shape index (κ2) is 19.3. The third-order valence-corrected chi connectivity index (χ3v) is 8.79. The van der Waals surface area contributed by atoms with Crippen molar-refractivity contribution in [2.45, 2.75) is 124 Å². The van der Waals surface area contributed by atoms with E-state index in [4.69, 9.17) is 16.3 Å². The number of hydrogen-bond acceptors (Lipinski definition) is 7. The van der Waals surface area contributed by atoms with Gasteiger partial charge in [-0.05, 0) is 30.7 Å². The Bertz CT molecular complexity index is 1530. The SMILES string of the molecule is CCCCCCCCCCCCCCCCOC(=O)c1ccc(Cl)c(NC(=O)C(C(=O)C(C)(C)C)n2ncc3cc([N+](=O)[O-])ccc32)c1. The van der Waals surface area contributed by atoms with E-state index in [2.05, 4.69) is 17.3 Å². The van der Waals surface area contributed by atoms with Crippen LogP contribution in [0.4, 0.5) is 11.4 Å². The fraction of sp³-hybridized carbons (Fsp3) is 0.568. The minimum Gasteiger partial charge on any atom is -0.462 e. The van der Waals surface area contributed by atoms with Gasteiger partial charge in [0.2, 0.25) is 0 Å². The minimum atomic E-state index is -1.41. The van der Waals surface area contributed by atoms with Gasteiger partial charge in [-0.2, -0.15) is 5.10 Å². The smallest absolute Gasteiger partial charge is 0.338 e. The van der Waals surface area contributed by atoms with Crippen LogP contribution in [0.1, 0.15) is 134 Å². The van der Waals surface area contributed by atoms with Gasteiger partial charge in [-0.25, -0.2) is 9.48 Å². The Morgan fingerprint density at radius 2 is 1.48 bits per heavy atom. The Labute approximate surface area is 289 Å². The molecule has 11 heteroatoms. The molecule has 1 amide bonds. The van der Waals surface area contributed by atoms with E-state index in [-0.39, 0.29) is 22.0 Å². The Balaban J connectivity index is 1.52. The van der Waals surface area contributed by atoms with Gasteiger partial charge in [-0.1, -0.05) is 123 Å². The van der Waals surface area contributed by atoms with Gasteiger partial charge in [0.1, 0.15) is 0 Å². The highest BCUT2D eigenvalue weighted by atomic mass is 35.5. The molecule has 0 aliphatic rings. The number of nitrogens with one attached hydrogen (secondary N) is 1. The van der Waals surface area contributed by atoms with E-state index in [0.29, 0.717) is 17.5 Å². The van der Waals surface area contributed by atoms with Crippen molar-refractivity contribution in [2.24, 2.45) is 5.41 Å². The van der Waals surface area contributed by atoms with Crippen LogP contribution in [0.2, 0.25) is 5.02 Å². The molecule has 262 valence electrons. The highest BCUT2D eigenvalue weighted by Crippen LogP contribution is 2.31. The standard InChI is InChI=1S/C37H51ClN4O6/c1-5-6-7-8-9-10-11-12-13-14-15-16-17-18-23-48-36(45)27-19-21-30(38)31(25-27)40-35(44)33(34(43)37(2,3)4)41-32-22-20-29(42(46)47)24-28(32)26-39-41/h19-22,24-26,33H,5-18,23H2,1-4H3,(H,40,44). The van der Waals surface area contributed by atoms with Crippen LogP contribution >= 0.6 is 11.6 Å². The first-order chi connectivity index (χ1) is 22.9. The Kier molecular flexibility index (Phi) is 15.5. The molecule has 1 aromatic heterocycles. The van der Waals surface area contributed by atoms with Crippen LogP contribution < -0.4 is 5.32 Å². The number of ketones is 1. The maximum absolute atomic E-state index is 13.7. The second-order valence-electron chi connectivity index (χ2n) is 13.5. The molecule has 3 aromatic rings. The van der Waals surface area contributed by atoms with Crippen LogP contribution in [0.5, 0.6) is 0 Å². The number of ether oxygens (including phenoxy) is 1. The number of nitrogens with zero attached hydrogens (tertiary/aromatic N) is 3. The van der Waals surface area contributed by atoms with Crippen LogP contribution in [0.25, 0.3) is 10.9 Å². The van der Waals surface area contributed by atoms with Gasteiger partial charge in [0, 0.05) is 22.9 Å². The van der Waals surface area contributed by atoms with Crippen molar-refractivity contribution in [2.75, 3.05) is 11.9 Å². The lowest BCUT2D eigenvalue weighted by Crippen LogP contribution is -2.39. The summed E-state index contributed by atoms with van der Waals surface area (Å²) in [6.45, 7) is 7.61. The topological polar surface area (TPSA) is 133 Å². The van der Waals surface area contributed by atoms with Gasteiger partial charge in [0.25, 0.3) is 11.6 Å². The molecule has 3 rings (SSSR count). The largest absolute Gasteiger partial charge is 0.462 e. The lowest BCUT2D eigenvalue weighted by atomic mass is 9.86. The number of benzene rings is 2. The molecule has 0 fully saturated rings. The number of nitro benzene ring substituents is 1. The van der Waals surface area contributed by atoms with Crippen molar-refractivity contribution in [3.05, 3.63) is 63.3 Å². The van der Waals surface area contributed by atoms with Gasteiger partial charge in [0.05, 0.1) is 39.5 Å². The summed E-state index contributed by atoms with van der Waals surface area (Å²) in [5.41, 5.74) is -0.318. The summed E-state index contributed by atoms with van der Waals surface area (Å²) in [5, 5.41) is 18.8. The normalized spacial score (nSPS) is 12.2. The lowest BCUT2D eigenvalue weighted by Gasteiger charge is -2.25. The number of fused-ring (bicyclic) bond motifs is 1. The number of non-ortho nitro benzene ring substituents is 1. The maximum atomic E-state index is 13.7. The third kappa shape index (κ3) is 11.7. The molecule has 1 atom stereocenters. The minimum absolute atomic E-state index is 0.134. The zero-order valence-corrected chi connectivity index (χ0v) is 29.7. The quantitative estimate of drug-likeness (QED) is 0.0388. The van der Waals surface area contributed by atoms with Gasteiger partial charge in [-0.15, -0.1) is 0 Å². The van der Waals surface area contributed by atoms with Gasteiger partial charge in [-0.3, -0.25) is 19.7 Å². The number of halogens is 1. The van der Waals surface area contributed by atoms with Crippen LogP contribution in [0.15, 0.2) is 42.6 Å². The molecule has 0 aliphatic carbocycles. The summed E-state index contributed by atoms with van der Waals surface area (Å²) in [5.74, 6) is -1.67. The van der Waals surface area contributed by atoms with Crippen LogP contribution in [0, 0.1) is 15.5 Å². The van der Waals surface area contributed by atoms with Crippen LogP contribution in [-0.2, 0) is 14.3 Å². The monoisotopic (exact) mass is 682 g/mol. The molecule has 0 aliphatic heterocycles. The molecule has 2 aromatic carbocycles. The molecule has 0 saturated carbocycles. The number of Topliss-reactive ketones (excluding diaryl/α,β-unsaturated/α-hetero) is 1. The van der Waals surface area contributed by atoms with E-state index in [1.165, 1.54) is 118 Å². The van der Waals surface area contributed by atoms with E-state index in [9.17, 15) is 24.5 Å². The van der Waals surface area contributed by atoms with Crippen molar-refractivity contribution in [1.29, 1.82) is 0 Å². The zero-order valence-electron chi connectivity index (χ0n) is 28.9. The Hall–Kier alpha value is -3.79. The summed E-state index contributed by atoms with van der Waals surface area (Å²) in [6, 6.07) is 7.12. The molecule has 0 spiro atoms. The summed E-state index contributed by atoms with van der Waals surface area (Å²) in [4.78, 5) is 50.8. The molecular weight excluding hydrogens is 632 g/mol. The van der Waals surface area contributed by atoms with E-state index < -0.39 is 34.0 Å². The number of anilines is 1. The molecule has 0 bridgehead atoms. The third-order valence-electron chi connectivity index (χ3n) is 8.46. The molecule has 1 N–H and O–H groups in total. The predicted octanol–water partition coefficient (Wildman–Crippen LogP) is 10.0. The van der Waals surface area contributed by atoms with E-state index >= 15 is 0 Å². The van der Waals surface area contributed by atoms with Gasteiger partial charge >= 0.3 is 5.97 Å². The molecule has 10 nitrogen and oxygen atoms in total. The van der Waals surface area contributed by atoms with Crippen molar-refractivity contribution >= 4 is 51.5 Å². The number of carbonyl (C=O) groups is 3. The average Bonchev–Trinajstić information content (AvgIpc) is 3.46. The van der Waals surface area contributed by atoms with Gasteiger partial charge in [0.15, 0.2) is 11.8 Å². The molecular formula is C37H51ClN4O6. The van der Waals surface area contributed by atoms with Crippen molar-refractivity contribution in [1.82, 2.24) is 9.78 Å². The maximum Gasteiger partial charge on any atom is 0.338 e. The highest BCUT2D eigenvalue weighted by molar-refractivity contribution is 6.34. The van der Waals surface area contributed by atoms with E-state index in [1.807, 2.05) is 0 Å². The van der Waals surface area contributed by atoms with Crippen molar-refractivity contribution < 1.29 is 24.0 Å². The molecule has 1 heterocycles. The number of carbonyl (C=O) groups excluding carboxylic acids is 3. The van der Waals surface area contributed by atoms with Crippen molar-refractivity contribution in [3.8, 4) is 0 Å². The molecule has 1 unspecified atom stereocenters. The average molecular weight is 683 g/mol. The Morgan fingerprint density at radius 1 is 0.896 bits per heavy atom. The summed E-state index contributed by atoms with van der Waals surface area (Å²) in [7, 11) is 0. The number of hydrogen-bond donors (Lipinski definition) is 1. The summed E-state index contributed by atoms with van der Waals surface area (Å²) >= 11 is 6.39. The fourth-order valence-electron chi connectivity index (χ4n) is 5.61. The van der Waals surface area contributed by atoms with E-state index in [0.717, 1.165) is 19.3 Å². The van der Waals surface area contributed by atoms with Gasteiger partial charge < -0.3 is 10.1 Å². The zero-order chi connectivity index (χ0) is 35.1. The lowest BCUT2D eigenvalue weighted by molar-refractivity contribution is -0.384. The molecule has 0 radical (unpaired) electrons. The fourth-order valence-corrected chi connectivity index (χ4v) is 5.77. The number of amides is 1. The Morgan fingerprint density at radius 3 is 2.04 bits per heavy atom. The summed E-state index contributed by atoms with van der Waals surface area (Å²) < 4.78 is 6.74. The number of aromatic nitrogens is 2. The first-order valence-corrected chi connectivity index (χ1v) is 17.8. The van der Waals surface area contributed by atoms with E-state index in [1.54, 1.807) is 20.8 Å². The second-order valence-corrected chi connectivity index (χ2v) is 13.9. The first kappa shape index (κ1) is 38.7. The van der Waals surface area contributed by atoms with Crippen LogP contribution in [-0.4, -0.2) is 39.0 Å². The highest BCUT2D eigenvalue weighted by Gasteiger charge is 2.38. The number of nitro groups is 1. The summed E-state index contributed by atoms with van der Waals surface area (Å²) in [6.07, 6.45) is 18.7. The number of rotatable bonds is 21. The first-order valence-electron chi connectivity index (χ1n) is 17.4. The number of esters is 1.